The van der Waals surface area contributed by atoms with Crippen molar-refractivity contribution in [3.8, 4) is 5.75 Å². The zero-order chi connectivity index (χ0) is 18.8. The number of carbonyl (C=O) groups excluding carboxylic acids is 1. The van der Waals surface area contributed by atoms with E-state index in [1.807, 2.05) is 32.9 Å². The molecule has 3 rings (SSSR count). The minimum Gasteiger partial charge on any atom is -0.497 e. The molecule has 1 amide bonds. The largest absolute Gasteiger partial charge is 0.497 e. The van der Waals surface area contributed by atoms with Gasteiger partial charge in [0.25, 0.3) is 5.91 Å². The average Bonchev–Trinajstić information content (AvgIpc) is 2.60. The fourth-order valence-electron chi connectivity index (χ4n) is 3.12. The van der Waals surface area contributed by atoms with Gasteiger partial charge >= 0.3 is 5.63 Å². The molecule has 1 aromatic heterocycles. The minimum atomic E-state index is -0.574. The second kappa shape index (κ2) is 7.04. The Hall–Kier alpha value is -3.08. The number of aryl methyl sites for hydroxylation is 2. The first-order chi connectivity index (χ1) is 12.4. The molecule has 1 unspecified atom stereocenters. The summed E-state index contributed by atoms with van der Waals surface area (Å²) in [5.41, 5.74) is 3.36. The SMILES string of the molecule is COc1ccc2c(C(=O)NC(C)c3ccc(C)cc3C)cc(=O)oc2c1. The third-order valence-electron chi connectivity index (χ3n) is 4.44. The molecule has 134 valence electrons. The number of nitrogens with one attached hydrogen (secondary N) is 1. The molecule has 3 aromatic rings. The van der Waals surface area contributed by atoms with E-state index in [0.29, 0.717) is 16.7 Å². The molecular weight excluding hydrogens is 330 g/mol. The smallest absolute Gasteiger partial charge is 0.337 e. The van der Waals surface area contributed by atoms with E-state index >= 15 is 0 Å². The second-order valence-electron chi connectivity index (χ2n) is 6.40. The molecule has 2 aromatic carbocycles. The molecule has 0 radical (unpaired) electrons. The first-order valence-electron chi connectivity index (χ1n) is 8.39. The standard InChI is InChI=1S/C21H21NO4/c1-12-5-7-16(13(2)9-12)14(3)22-21(24)18-11-20(23)26-19-10-15(25-4)6-8-17(18)19/h5-11,14H,1-4H3,(H,22,24). The summed E-state index contributed by atoms with van der Waals surface area (Å²) in [5.74, 6) is 0.238. The Morgan fingerprint density at radius 1 is 1.12 bits per heavy atom. The molecule has 5 nitrogen and oxygen atoms in total. The maximum Gasteiger partial charge on any atom is 0.337 e. The van der Waals surface area contributed by atoms with E-state index in [1.165, 1.54) is 18.7 Å². The van der Waals surface area contributed by atoms with E-state index in [0.717, 1.165) is 11.1 Å². The van der Waals surface area contributed by atoms with Gasteiger partial charge < -0.3 is 14.5 Å². The molecular formula is C21H21NO4. The predicted molar refractivity (Wildman–Crippen MR) is 101 cm³/mol. The Bertz CT molecular complexity index is 1040. The molecule has 0 fully saturated rings. The molecule has 0 aliphatic rings. The monoisotopic (exact) mass is 351 g/mol. The minimum absolute atomic E-state index is 0.191. The third kappa shape index (κ3) is 3.47. The molecule has 0 saturated heterocycles. The van der Waals surface area contributed by atoms with Crippen LogP contribution in [-0.4, -0.2) is 13.0 Å². The lowest BCUT2D eigenvalue weighted by Gasteiger charge is -2.17. The number of benzene rings is 2. The summed E-state index contributed by atoms with van der Waals surface area (Å²) in [6.07, 6.45) is 0. The van der Waals surface area contributed by atoms with Crippen LogP contribution in [0.1, 0.15) is 40.0 Å². The maximum absolute atomic E-state index is 12.8. The average molecular weight is 351 g/mol. The molecule has 1 N–H and O–H groups in total. The first kappa shape index (κ1) is 17.7. The van der Waals surface area contributed by atoms with Crippen LogP contribution in [0.3, 0.4) is 0 Å². The number of fused-ring (bicyclic) bond motifs is 1. The van der Waals surface area contributed by atoms with Gasteiger partial charge in [-0.25, -0.2) is 4.79 Å². The summed E-state index contributed by atoms with van der Waals surface area (Å²) in [4.78, 5) is 24.7. The molecule has 0 aliphatic carbocycles. The molecule has 1 atom stereocenters. The van der Waals surface area contributed by atoms with Crippen molar-refractivity contribution in [2.24, 2.45) is 0 Å². The highest BCUT2D eigenvalue weighted by Gasteiger charge is 2.17. The molecule has 5 heteroatoms. The molecule has 0 aliphatic heterocycles. The lowest BCUT2D eigenvalue weighted by Crippen LogP contribution is -2.28. The summed E-state index contributed by atoms with van der Waals surface area (Å²) in [5, 5.41) is 3.54. The maximum atomic E-state index is 12.8. The van der Waals surface area contributed by atoms with Crippen LogP contribution in [0.2, 0.25) is 0 Å². The number of rotatable bonds is 4. The van der Waals surface area contributed by atoms with Gasteiger partial charge in [-0.3, -0.25) is 4.79 Å². The molecule has 1 heterocycles. The number of methoxy groups -OCH3 is 1. The van der Waals surface area contributed by atoms with Crippen LogP contribution >= 0.6 is 0 Å². The van der Waals surface area contributed by atoms with E-state index in [4.69, 9.17) is 9.15 Å². The first-order valence-corrected chi connectivity index (χ1v) is 8.39. The van der Waals surface area contributed by atoms with E-state index in [9.17, 15) is 9.59 Å². The Morgan fingerprint density at radius 2 is 1.88 bits per heavy atom. The zero-order valence-electron chi connectivity index (χ0n) is 15.3. The van der Waals surface area contributed by atoms with Gasteiger partial charge in [0.1, 0.15) is 11.3 Å². The fourth-order valence-corrected chi connectivity index (χ4v) is 3.12. The van der Waals surface area contributed by atoms with Crippen molar-refractivity contribution < 1.29 is 13.9 Å². The Balaban J connectivity index is 1.95. The Kier molecular flexibility index (Phi) is 4.80. The van der Waals surface area contributed by atoms with Gasteiger partial charge in [0.05, 0.1) is 18.7 Å². The van der Waals surface area contributed by atoms with Crippen molar-refractivity contribution in [3.05, 3.63) is 75.1 Å². The van der Waals surface area contributed by atoms with Gasteiger partial charge in [-0.05, 0) is 44.0 Å². The van der Waals surface area contributed by atoms with Crippen LogP contribution < -0.4 is 15.7 Å². The second-order valence-corrected chi connectivity index (χ2v) is 6.40. The third-order valence-corrected chi connectivity index (χ3v) is 4.44. The molecule has 0 bridgehead atoms. The van der Waals surface area contributed by atoms with Crippen LogP contribution in [0.15, 0.2) is 51.7 Å². The number of hydrogen-bond acceptors (Lipinski definition) is 4. The van der Waals surface area contributed by atoms with Gasteiger partial charge in [0.15, 0.2) is 0 Å². The summed E-state index contributed by atoms with van der Waals surface area (Å²) in [7, 11) is 1.53. The van der Waals surface area contributed by atoms with Crippen LogP contribution in [0.4, 0.5) is 0 Å². The van der Waals surface area contributed by atoms with E-state index < -0.39 is 5.63 Å². The lowest BCUT2D eigenvalue weighted by molar-refractivity contribution is 0.0941. The van der Waals surface area contributed by atoms with Gasteiger partial charge in [-0.1, -0.05) is 23.8 Å². The van der Waals surface area contributed by atoms with Crippen molar-refractivity contribution in [1.82, 2.24) is 5.32 Å². The zero-order valence-corrected chi connectivity index (χ0v) is 15.3. The van der Waals surface area contributed by atoms with Crippen LogP contribution in [0.25, 0.3) is 11.0 Å². The van der Waals surface area contributed by atoms with Gasteiger partial charge in [0.2, 0.25) is 0 Å². The molecule has 0 spiro atoms. The number of amides is 1. The highest BCUT2D eigenvalue weighted by Crippen LogP contribution is 2.24. The van der Waals surface area contributed by atoms with E-state index in [2.05, 4.69) is 11.4 Å². The van der Waals surface area contributed by atoms with Gasteiger partial charge in [-0.2, -0.15) is 0 Å². The predicted octanol–water partition coefficient (Wildman–Crippen LogP) is 3.91. The van der Waals surface area contributed by atoms with Gasteiger partial charge in [0, 0.05) is 17.5 Å². The van der Waals surface area contributed by atoms with E-state index in [-0.39, 0.29) is 17.5 Å². The Labute approximate surface area is 151 Å². The molecule has 26 heavy (non-hydrogen) atoms. The van der Waals surface area contributed by atoms with Crippen molar-refractivity contribution in [2.75, 3.05) is 7.11 Å². The van der Waals surface area contributed by atoms with Gasteiger partial charge in [-0.15, -0.1) is 0 Å². The van der Waals surface area contributed by atoms with Crippen molar-refractivity contribution in [1.29, 1.82) is 0 Å². The fraction of sp³-hybridized carbons (Fsp3) is 0.238. The number of carbonyl (C=O) groups is 1. The van der Waals surface area contributed by atoms with Crippen LogP contribution in [0.5, 0.6) is 5.75 Å². The van der Waals surface area contributed by atoms with Crippen molar-refractivity contribution >= 4 is 16.9 Å². The Morgan fingerprint density at radius 3 is 2.58 bits per heavy atom. The normalized spacial score (nSPS) is 12.0. The summed E-state index contributed by atoms with van der Waals surface area (Å²) in [6, 6.07) is 12.2. The highest BCUT2D eigenvalue weighted by molar-refractivity contribution is 6.05. The number of ether oxygens (including phenoxy) is 1. The van der Waals surface area contributed by atoms with Crippen molar-refractivity contribution in [3.63, 3.8) is 0 Å². The van der Waals surface area contributed by atoms with Crippen LogP contribution in [-0.2, 0) is 0 Å². The van der Waals surface area contributed by atoms with Crippen molar-refractivity contribution in [2.45, 2.75) is 26.8 Å². The summed E-state index contributed by atoms with van der Waals surface area (Å²) < 4.78 is 10.3. The topological polar surface area (TPSA) is 68.5 Å². The number of hydrogen-bond donors (Lipinski definition) is 1. The summed E-state index contributed by atoms with van der Waals surface area (Å²) >= 11 is 0. The highest BCUT2D eigenvalue weighted by atomic mass is 16.5. The quantitative estimate of drug-likeness (QED) is 0.724. The lowest BCUT2D eigenvalue weighted by atomic mass is 10.00. The molecule has 0 saturated carbocycles. The van der Waals surface area contributed by atoms with E-state index in [1.54, 1.807) is 18.2 Å². The van der Waals surface area contributed by atoms with Crippen LogP contribution in [0, 0.1) is 13.8 Å². The summed E-state index contributed by atoms with van der Waals surface area (Å²) in [6.45, 7) is 5.97.